The lowest BCUT2D eigenvalue weighted by molar-refractivity contribution is -0.136. The highest BCUT2D eigenvalue weighted by molar-refractivity contribution is 5.89. The molecule has 2 rings (SSSR count). The summed E-state index contributed by atoms with van der Waals surface area (Å²) in [5, 5.41) is 14.2. The number of carbonyl (C=O) groups excluding carboxylic acids is 1. The van der Waals surface area contributed by atoms with E-state index in [4.69, 9.17) is 0 Å². The number of carbonyl (C=O) groups is 1. The second kappa shape index (κ2) is 4.37. The molecule has 1 N–H and O–H groups in total. The molecular formula is C12H18N2O2. The van der Waals surface area contributed by atoms with Crippen molar-refractivity contribution in [1.82, 2.24) is 9.78 Å². The zero-order valence-electron chi connectivity index (χ0n) is 9.65. The molecule has 4 nitrogen and oxygen atoms in total. The zero-order valence-corrected chi connectivity index (χ0v) is 9.65. The summed E-state index contributed by atoms with van der Waals surface area (Å²) in [5.41, 5.74) is -0.166. The first-order chi connectivity index (χ1) is 7.64. The van der Waals surface area contributed by atoms with Crippen LogP contribution in [0.15, 0.2) is 12.4 Å². The Hall–Kier alpha value is -1.16. The van der Waals surface area contributed by atoms with Crippen molar-refractivity contribution in [2.45, 2.75) is 51.2 Å². The summed E-state index contributed by atoms with van der Waals surface area (Å²) in [7, 11) is 0. The van der Waals surface area contributed by atoms with E-state index in [-0.39, 0.29) is 5.78 Å². The Labute approximate surface area is 95.3 Å². The van der Waals surface area contributed by atoms with Crippen LogP contribution in [0.2, 0.25) is 0 Å². The summed E-state index contributed by atoms with van der Waals surface area (Å²) in [4.78, 5) is 11.9. The Balaban J connectivity index is 2.01. The van der Waals surface area contributed by atoms with Crippen LogP contribution in [-0.2, 0) is 17.8 Å². The largest absolute Gasteiger partial charge is 0.382 e. The zero-order chi connectivity index (χ0) is 11.6. The predicted octanol–water partition coefficient (Wildman–Crippen LogP) is 1.32. The van der Waals surface area contributed by atoms with Gasteiger partial charge in [-0.15, -0.1) is 0 Å². The number of hydrogen-bond donors (Lipinski definition) is 1. The average molecular weight is 222 g/mol. The van der Waals surface area contributed by atoms with Crippen molar-refractivity contribution in [3.63, 3.8) is 0 Å². The number of ketones is 1. The van der Waals surface area contributed by atoms with Crippen LogP contribution in [0.4, 0.5) is 0 Å². The Morgan fingerprint density at radius 3 is 2.81 bits per heavy atom. The third kappa shape index (κ3) is 2.16. The van der Waals surface area contributed by atoms with Crippen molar-refractivity contribution >= 4 is 5.78 Å². The maximum absolute atomic E-state index is 11.9. The molecule has 88 valence electrons. The van der Waals surface area contributed by atoms with Gasteiger partial charge < -0.3 is 5.11 Å². The number of aliphatic hydroxyl groups is 1. The first-order valence-corrected chi connectivity index (χ1v) is 5.91. The molecule has 1 saturated carbocycles. The molecule has 1 heterocycles. The van der Waals surface area contributed by atoms with Crippen LogP contribution in [-0.4, -0.2) is 26.3 Å². The molecule has 1 aromatic heterocycles. The molecule has 0 radical (unpaired) electrons. The summed E-state index contributed by atoms with van der Waals surface area (Å²) in [5.74, 6) is -0.0550. The van der Waals surface area contributed by atoms with Gasteiger partial charge in [0, 0.05) is 19.2 Å². The minimum Gasteiger partial charge on any atom is -0.382 e. The van der Waals surface area contributed by atoms with Crippen molar-refractivity contribution in [3.8, 4) is 0 Å². The summed E-state index contributed by atoms with van der Waals surface area (Å²) in [6.45, 7) is 2.81. The predicted molar refractivity (Wildman–Crippen MR) is 60.0 cm³/mol. The molecule has 0 aliphatic heterocycles. The van der Waals surface area contributed by atoms with Crippen molar-refractivity contribution in [2.24, 2.45) is 0 Å². The van der Waals surface area contributed by atoms with E-state index in [0.717, 1.165) is 24.9 Å². The Morgan fingerprint density at radius 2 is 2.25 bits per heavy atom. The summed E-state index contributed by atoms with van der Waals surface area (Å²) < 4.78 is 1.79. The monoisotopic (exact) mass is 222 g/mol. The lowest BCUT2D eigenvalue weighted by atomic mass is 9.93. The van der Waals surface area contributed by atoms with E-state index < -0.39 is 5.60 Å². The van der Waals surface area contributed by atoms with E-state index in [1.807, 2.05) is 13.1 Å². The standard InChI is InChI=1S/C12H18N2O2/c1-2-14-9-10(8-13-14)7-11(15)12(16)5-3-4-6-12/h8-9,16H,2-7H2,1H3. The van der Waals surface area contributed by atoms with Crippen LogP contribution in [0.1, 0.15) is 38.2 Å². The second-order valence-corrected chi connectivity index (χ2v) is 4.54. The molecule has 1 fully saturated rings. The number of aromatic nitrogens is 2. The number of aryl methyl sites for hydroxylation is 1. The van der Waals surface area contributed by atoms with Crippen LogP contribution in [0.3, 0.4) is 0 Å². The van der Waals surface area contributed by atoms with Crippen molar-refractivity contribution in [2.75, 3.05) is 0 Å². The van der Waals surface area contributed by atoms with Gasteiger partial charge in [0.05, 0.1) is 6.20 Å². The van der Waals surface area contributed by atoms with E-state index >= 15 is 0 Å². The van der Waals surface area contributed by atoms with Crippen LogP contribution in [0, 0.1) is 0 Å². The molecule has 0 aromatic carbocycles. The van der Waals surface area contributed by atoms with Gasteiger partial charge in [-0.1, -0.05) is 0 Å². The molecule has 0 spiro atoms. The fourth-order valence-electron chi connectivity index (χ4n) is 2.26. The Bertz CT molecular complexity index is 378. The number of nitrogens with zero attached hydrogens (tertiary/aromatic N) is 2. The van der Waals surface area contributed by atoms with Gasteiger partial charge in [-0.25, -0.2) is 0 Å². The second-order valence-electron chi connectivity index (χ2n) is 4.54. The first kappa shape index (κ1) is 11.3. The maximum Gasteiger partial charge on any atom is 0.168 e. The minimum absolute atomic E-state index is 0.0550. The maximum atomic E-state index is 11.9. The third-order valence-corrected chi connectivity index (χ3v) is 3.33. The minimum atomic E-state index is -1.06. The van der Waals surface area contributed by atoms with Gasteiger partial charge in [0.2, 0.25) is 0 Å². The third-order valence-electron chi connectivity index (χ3n) is 3.33. The normalized spacial score (nSPS) is 18.9. The van der Waals surface area contributed by atoms with Crippen LogP contribution < -0.4 is 0 Å². The van der Waals surface area contributed by atoms with Crippen molar-refractivity contribution in [3.05, 3.63) is 18.0 Å². The van der Waals surface area contributed by atoms with Crippen molar-refractivity contribution < 1.29 is 9.90 Å². The summed E-state index contributed by atoms with van der Waals surface area (Å²) in [6, 6.07) is 0. The van der Waals surface area contributed by atoms with Crippen molar-refractivity contribution in [1.29, 1.82) is 0 Å². The molecule has 0 unspecified atom stereocenters. The van der Waals surface area contributed by atoms with Gasteiger partial charge in [0.15, 0.2) is 5.78 Å². The number of rotatable bonds is 4. The highest BCUT2D eigenvalue weighted by Crippen LogP contribution is 2.31. The Kier molecular flexibility index (Phi) is 3.10. The average Bonchev–Trinajstić information content (AvgIpc) is 2.88. The molecule has 4 heteroatoms. The highest BCUT2D eigenvalue weighted by atomic mass is 16.3. The molecule has 0 saturated heterocycles. The van der Waals surface area contributed by atoms with Gasteiger partial charge in [-0.3, -0.25) is 9.48 Å². The van der Waals surface area contributed by atoms with Crippen LogP contribution in [0.25, 0.3) is 0 Å². The fraction of sp³-hybridized carbons (Fsp3) is 0.667. The highest BCUT2D eigenvalue weighted by Gasteiger charge is 2.38. The molecule has 0 bridgehead atoms. The molecular weight excluding hydrogens is 204 g/mol. The molecule has 0 atom stereocenters. The summed E-state index contributed by atoms with van der Waals surface area (Å²) in [6.07, 6.45) is 7.03. The lowest BCUT2D eigenvalue weighted by Crippen LogP contribution is -2.36. The molecule has 1 aliphatic carbocycles. The topological polar surface area (TPSA) is 55.1 Å². The molecule has 1 aromatic rings. The quantitative estimate of drug-likeness (QED) is 0.836. The van der Waals surface area contributed by atoms with Gasteiger partial charge in [0.25, 0.3) is 0 Å². The molecule has 1 aliphatic rings. The van der Waals surface area contributed by atoms with E-state index in [1.165, 1.54) is 0 Å². The lowest BCUT2D eigenvalue weighted by Gasteiger charge is -2.19. The van der Waals surface area contributed by atoms with Gasteiger partial charge in [0.1, 0.15) is 5.60 Å². The first-order valence-electron chi connectivity index (χ1n) is 5.91. The van der Waals surface area contributed by atoms with E-state index in [1.54, 1.807) is 10.9 Å². The summed E-state index contributed by atoms with van der Waals surface area (Å²) >= 11 is 0. The fourth-order valence-corrected chi connectivity index (χ4v) is 2.26. The molecule has 16 heavy (non-hydrogen) atoms. The van der Waals surface area contributed by atoms with Crippen LogP contribution in [0.5, 0.6) is 0 Å². The van der Waals surface area contributed by atoms with E-state index in [0.29, 0.717) is 19.3 Å². The van der Waals surface area contributed by atoms with E-state index in [2.05, 4.69) is 5.10 Å². The number of Topliss-reactive ketones (excluding diaryl/α,β-unsaturated/α-hetero) is 1. The smallest absolute Gasteiger partial charge is 0.168 e. The van der Waals surface area contributed by atoms with Gasteiger partial charge in [-0.2, -0.15) is 5.10 Å². The van der Waals surface area contributed by atoms with Gasteiger partial charge in [-0.05, 0) is 38.2 Å². The van der Waals surface area contributed by atoms with E-state index in [9.17, 15) is 9.90 Å². The van der Waals surface area contributed by atoms with Gasteiger partial charge >= 0.3 is 0 Å². The Morgan fingerprint density at radius 1 is 1.56 bits per heavy atom. The van der Waals surface area contributed by atoms with Crippen LogP contribution >= 0.6 is 0 Å². The molecule has 0 amide bonds. The SMILES string of the molecule is CCn1cc(CC(=O)C2(O)CCCC2)cn1. The number of hydrogen-bond acceptors (Lipinski definition) is 3.